The van der Waals surface area contributed by atoms with Crippen LogP contribution in [0.15, 0.2) is 79.0 Å². The number of hydrogen-bond acceptors (Lipinski definition) is 8. The lowest BCUT2D eigenvalue weighted by Crippen LogP contribution is -2.51. The van der Waals surface area contributed by atoms with Crippen LogP contribution >= 0.6 is 0 Å². The number of hydrazine groups is 1. The number of pyridine rings is 1. The van der Waals surface area contributed by atoms with E-state index < -0.39 is 11.6 Å². The molecule has 42 heavy (non-hydrogen) atoms. The van der Waals surface area contributed by atoms with Gasteiger partial charge in [0, 0.05) is 30.7 Å². The first-order valence-corrected chi connectivity index (χ1v) is 13.9. The van der Waals surface area contributed by atoms with Crippen molar-refractivity contribution in [1.29, 1.82) is 0 Å². The Morgan fingerprint density at radius 1 is 1.07 bits per heavy atom. The first-order chi connectivity index (χ1) is 20.5. The number of aromatic nitrogens is 5. The van der Waals surface area contributed by atoms with Crippen molar-refractivity contribution < 1.29 is 13.9 Å². The number of aromatic amines is 1. The molecule has 1 aliphatic rings. The third kappa shape index (κ3) is 5.09. The van der Waals surface area contributed by atoms with Crippen LogP contribution in [-0.2, 0) is 16.9 Å². The summed E-state index contributed by atoms with van der Waals surface area (Å²) in [6.07, 6.45) is 3.70. The van der Waals surface area contributed by atoms with E-state index in [-0.39, 0.29) is 12.4 Å². The Morgan fingerprint density at radius 3 is 2.60 bits per heavy atom. The van der Waals surface area contributed by atoms with Crippen LogP contribution in [0.25, 0.3) is 22.2 Å². The third-order valence-electron chi connectivity index (χ3n) is 7.86. The molecular weight excluding hydrogens is 535 g/mol. The van der Waals surface area contributed by atoms with Crippen molar-refractivity contribution >= 4 is 28.6 Å². The van der Waals surface area contributed by atoms with Gasteiger partial charge < -0.3 is 9.64 Å². The van der Waals surface area contributed by atoms with Crippen LogP contribution in [0, 0.1) is 5.82 Å². The summed E-state index contributed by atoms with van der Waals surface area (Å²) in [6, 6.07) is 22.1. The lowest BCUT2D eigenvalue weighted by Gasteiger charge is -2.48. The van der Waals surface area contributed by atoms with Crippen LogP contribution in [0.5, 0.6) is 0 Å². The second-order valence-electron chi connectivity index (χ2n) is 10.3. The van der Waals surface area contributed by atoms with E-state index in [9.17, 15) is 9.18 Å². The fourth-order valence-electron chi connectivity index (χ4n) is 5.29. The molecule has 1 aliphatic carbocycles. The number of hydrogen-bond donors (Lipinski definition) is 2. The lowest BCUT2D eigenvalue weighted by molar-refractivity contribution is 0.106. The largest absolute Gasteiger partial charge is 0.443 e. The monoisotopic (exact) mass is 566 g/mol. The van der Waals surface area contributed by atoms with Crippen LogP contribution in [-0.4, -0.2) is 50.1 Å². The Morgan fingerprint density at radius 2 is 1.90 bits per heavy atom. The Hall–Kier alpha value is -5.06. The molecule has 10 nitrogen and oxygen atoms in total. The zero-order valence-electron chi connectivity index (χ0n) is 23.4. The summed E-state index contributed by atoms with van der Waals surface area (Å²) in [7, 11) is 1.91. The maximum atomic E-state index is 14.7. The molecule has 0 unspecified atom stereocenters. The minimum absolute atomic E-state index is 0.172. The molecule has 2 N–H and O–H groups in total. The average molecular weight is 567 g/mol. The number of halogens is 1. The summed E-state index contributed by atoms with van der Waals surface area (Å²) in [4.78, 5) is 19.1. The number of carbonyl (C=O) groups is 1. The zero-order valence-corrected chi connectivity index (χ0v) is 23.4. The van der Waals surface area contributed by atoms with Gasteiger partial charge in [0.25, 0.3) is 0 Å². The Bertz CT molecular complexity index is 1690. The smallest absolute Gasteiger partial charge is 0.428 e. The number of carbonyl (C=O) groups excluding carboxylic acids is 1. The van der Waals surface area contributed by atoms with Crippen molar-refractivity contribution in [2.75, 3.05) is 23.9 Å². The molecule has 3 aromatic heterocycles. The SMILES string of the molecule is CCN(Nc1n[nH]c2ccc(-c3ccc(N(C)C4(c5ncccc5F)CCC4)nn3)cc12)C(=O)OCc1ccccc1. The molecule has 0 spiro atoms. The van der Waals surface area contributed by atoms with E-state index in [0.29, 0.717) is 29.6 Å². The fourth-order valence-corrected chi connectivity index (χ4v) is 5.29. The van der Waals surface area contributed by atoms with Crippen LogP contribution in [0.1, 0.15) is 37.4 Å². The van der Waals surface area contributed by atoms with E-state index in [1.165, 1.54) is 11.1 Å². The van der Waals surface area contributed by atoms with Crippen LogP contribution in [0.3, 0.4) is 0 Å². The number of fused-ring (bicyclic) bond motifs is 1. The molecule has 0 atom stereocenters. The van der Waals surface area contributed by atoms with E-state index in [4.69, 9.17) is 4.74 Å². The number of nitrogens with zero attached hydrogens (tertiary/aromatic N) is 6. The normalized spacial score (nSPS) is 13.8. The summed E-state index contributed by atoms with van der Waals surface area (Å²) in [5, 5.41) is 18.5. The van der Waals surface area contributed by atoms with Gasteiger partial charge >= 0.3 is 6.09 Å². The van der Waals surface area contributed by atoms with Crippen molar-refractivity contribution in [3.8, 4) is 11.3 Å². The number of ether oxygens (including phenoxy) is 1. The Labute approximate surface area is 242 Å². The second-order valence-corrected chi connectivity index (χ2v) is 10.3. The van der Waals surface area contributed by atoms with Crippen molar-refractivity contribution in [3.05, 3.63) is 96.1 Å². The van der Waals surface area contributed by atoms with E-state index in [1.54, 1.807) is 12.3 Å². The number of H-pyrrole nitrogens is 1. The van der Waals surface area contributed by atoms with E-state index in [0.717, 1.165) is 41.3 Å². The third-order valence-corrected chi connectivity index (χ3v) is 7.86. The van der Waals surface area contributed by atoms with E-state index in [2.05, 4.69) is 30.8 Å². The molecule has 0 radical (unpaired) electrons. The Kier molecular flexibility index (Phi) is 7.39. The molecule has 5 aromatic rings. The first-order valence-electron chi connectivity index (χ1n) is 13.9. The van der Waals surface area contributed by atoms with Gasteiger partial charge in [-0.1, -0.05) is 36.4 Å². The molecule has 3 heterocycles. The molecule has 0 saturated heterocycles. The first kappa shape index (κ1) is 27.1. The average Bonchev–Trinajstić information content (AvgIpc) is 3.41. The molecule has 1 amide bonds. The van der Waals surface area contributed by atoms with Gasteiger partial charge in [0.2, 0.25) is 0 Å². The zero-order chi connectivity index (χ0) is 29.1. The number of anilines is 2. The summed E-state index contributed by atoms with van der Waals surface area (Å²) in [6.45, 7) is 2.39. The number of benzene rings is 2. The summed E-state index contributed by atoms with van der Waals surface area (Å²) >= 11 is 0. The van der Waals surface area contributed by atoms with Gasteiger partial charge in [-0.05, 0) is 68.1 Å². The highest BCUT2D eigenvalue weighted by Gasteiger charge is 2.46. The van der Waals surface area contributed by atoms with Gasteiger partial charge in [-0.15, -0.1) is 10.2 Å². The van der Waals surface area contributed by atoms with Crippen LogP contribution < -0.4 is 10.3 Å². The summed E-state index contributed by atoms with van der Waals surface area (Å²) < 4.78 is 20.2. The van der Waals surface area contributed by atoms with Gasteiger partial charge in [0.05, 0.1) is 16.7 Å². The molecule has 214 valence electrons. The predicted molar refractivity (Wildman–Crippen MR) is 158 cm³/mol. The quantitative estimate of drug-likeness (QED) is 0.207. The second kappa shape index (κ2) is 11.4. The fraction of sp³-hybridized carbons (Fsp3) is 0.258. The highest BCUT2D eigenvalue weighted by molar-refractivity contribution is 5.93. The maximum Gasteiger partial charge on any atom is 0.428 e. The van der Waals surface area contributed by atoms with E-state index in [1.807, 2.05) is 79.5 Å². The highest BCUT2D eigenvalue weighted by atomic mass is 19.1. The standard InChI is InChI=1S/C31H31FN8O2/c1-3-40(30(41)42-20-21-9-5-4-6-10-21)38-29-23-19-22(12-13-26(23)35-37-29)25-14-15-27(36-34-25)39(2)31(16-8-17-31)28-24(32)11-7-18-33-28/h4-7,9-15,18-19H,3,8,16-17,20H2,1-2H3,(H2,35,37,38). The highest BCUT2D eigenvalue weighted by Crippen LogP contribution is 2.47. The molecule has 0 bridgehead atoms. The molecular formula is C31H31FN8O2. The number of nitrogens with one attached hydrogen (secondary N) is 2. The number of rotatable bonds is 9. The summed E-state index contributed by atoms with van der Waals surface area (Å²) in [5.41, 5.74) is 6.18. The van der Waals surface area contributed by atoms with Gasteiger partial charge in [0.15, 0.2) is 11.6 Å². The topological polar surface area (TPSA) is 112 Å². The van der Waals surface area contributed by atoms with Crippen LogP contribution in [0.2, 0.25) is 0 Å². The molecule has 1 fully saturated rings. The Balaban J connectivity index is 1.19. The van der Waals surface area contributed by atoms with E-state index >= 15 is 0 Å². The minimum Gasteiger partial charge on any atom is -0.443 e. The lowest BCUT2D eigenvalue weighted by atomic mass is 9.72. The maximum absolute atomic E-state index is 14.7. The van der Waals surface area contributed by atoms with Crippen molar-refractivity contribution in [3.63, 3.8) is 0 Å². The molecule has 1 saturated carbocycles. The van der Waals surface area contributed by atoms with Crippen molar-refractivity contribution in [1.82, 2.24) is 30.4 Å². The van der Waals surface area contributed by atoms with Crippen molar-refractivity contribution in [2.45, 2.75) is 38.3 Å². The number of amides is 1. The molecule has 0 aliphatic heterocycles. The summed E-state index contributed by atoms with van der Waals surface area (Å²) in [5.74, 6) is 0.819. The van der Waals surface area contributed by atoms with Gasteiger partial charge in [-0.2, -0.15) is 5.10 Å². The molecule has 11 heteroatoms. The van der Waals surface area contributed by atoms with Gasteiger partial charge in [-0.3, -0.25) is 15.5 Å². The molecule has 6 rings (SSSR count). The predicted octanol–water partition coefficient (Wildman–Crippen LogP) is 6.06. The minimum atomic E-state index is -0.536. The van der Waals surface area contributed by atoms with Gasteiger partial charge in [0.1, 0.15) is 18.1 Å². The van der Waals surface area contributed by atoms with Crippen molar-refractivity contribution in [2.24, 2.45) is 0 Å². The van der Waals surface area contributed by atoms with Gasteiger partial charge in [-0.25, -0.2) is 14.2 Å². The molecule has 2 aromatic carbocycles. The van der Waals surface area contributed by atoms with Crippen LogP contribution in [0.4, 0.5) is 20.8 Å².